The van der Waals surface area contributed by atoms with Gasteiger partial charge in [0.2, 0.25) is 0 Å². The molecule has 148 valence electrons. The number of aryl methyl sites for hydroxylation is 2. The van der Waals surface area contributed by atoms with E-state index in [9.17, 15) is 14.9 Å². The summed E-state index contributed by atoms with van der Waals surface area (Å²) in [6.07, 6.45) is 3.28. The summed E-state index contributed by atoms with van der Waals surface area (Å²) in [5.41, 5.74) is 5.93. The standard InChI is InChI=1S/C22H22N4O3/c1-4-29-21(27)14-25-13-18(19-7-5-6-8-20(19)25)11-17(12-23)22(28)24-26-15(2)9-10-16(26)3/h5-11,13H,4,14H2,1-3H3,(H,24,28)/b17-11+. The van der Waals surface area contributed by atoms with Crippen molar-refractivity contribution >= 4 is 28.9 Å². The molecular formula is C22H22N4O3. The van der Waals surface area contributed by atoms with Crippen LogP contribution in [-0.2, 0) is 20.9 Å². The Morgan fingerprint density at radius 3 is 2.52 bits per heavy atom. The van der Waals surface area contributed by atoms with Crippen LogP contribution < -0.4 is 5.43 Å². The van der Waals surface area contributed by atoms with Crippen LogP contribution in [0.25, 0.3) is 17.0 Å². The predicted molar refractivity (Wildman–Crippen MR) is 110 cm³/mol. The van der Waals surface area contributed by atoms with Gasteiger partial charge < -0.3 is 9.30 Å². The molecule has 1 amide bonds. The largest absolute Gasteiger partial charge is 0.465 e. The minimum Gasteiger partial charge on any atom is -0.465 e. The van der Waals surface area contributed by atoms with E-state index < -0.39 is 5.91 Å². The molecule has 0 saturated carbocycles. The number of para-hydroxylation sites is 1. The second-order valence-corrected chi connectivity index (χ2v) is 6.60. The number of carbonyl (C=O) groups is 2. The Balaban J connectivity index is 1.96. The van der Waals surface area contributed by atoms with E-state index in [0.717, 1.165) is 22.3 Å². The highest BCUT2D eigenvalue weighted by molar-refractivity contribution is 6.08. The van der Waals surface area contributed by atoms with Crippen LogP contribution in [0.15, 0.2) is 48.2 Å². The fraction of sp³-hybridized carbons (Fsp3) is 0.227. The molecule has 0 aliphatic rings. The Kier molecular flexibility index (Phi) is 5.84. The lowest BCUT2D eigenvalue weighted by Crippen LogP contribution is -2.25. The molecule has 29 heavy (non-hydrogen) atoms. The molecular weight excluding hydrogens is 368 g/mol. The minimum atomic E-state index is -0.503. The van der Waals surface area contributed by atoms with Gasteiger partial charge in [0.15, 0.2) is 0 Å². The Labute approximate surface area is 168 Å². The topological polar surface area (TPSA) is 89.1 Å². The third kappa shape index (κ3) is 4.22. The van der Waals surface area contributed by atoms with Crippen LogP contribution in [0.2, 0.25) is 0 Å². The summed E-state index contributed by atoms with van der Waals surface area (Å²) in [5, 5.41) is 10.4. The number of nitriles is 1. The zero-order chi connectivity index (χ0) is 21.0. The number of amides is 1. The SMILES string of the molecule is CCOC(=O)Cn1cc(/C=C(\C#N)C(=O)Nn2c(C)ccc2C)c2ccccc21. The third-order valence-electron chi connectivity index (χ3n) is 4.57. The number of carbonyl (C=O) groups excluding carboxylic acids is 2. The summed E-state index contributed by atoms with van der Waals surface area (Å²) >= 11 is 0. The highest BCUT2D eigenvalue weighted by Crippen LogP contribution is 2.24. The molecule has 0 atom stereocenters. The average molecular weight is 390 g/mol. The highest BCUT2D eigenvalue weighted by Gasteiger charge is 2.15. The van der Waals surface area contributed by atoms with E-state index in [1.54, 1.807) is 22.4 Å². The normalized spacial score (nSPS) is 11.3. The second kappa shape index (κ2) is 8.48. The molecule has 1 N–H and O–H groups in total. The quantitative estimate of drug-likeness (QED) is 0.397. The van der Waals surface area contributed by atoms with Gasteiger partial charge in [-0.3, -0.25) is 19.7 Å². The maximum absolute atomic E-state index is 12.7. The summed E-state index contributed by atoms with van der Waals surface area (Å²) in [6.45, 7) is 5.85. The fourth-order valence-corrected chi connectivity index (χ4v) is 3.18. The van der Waals surface area contributed by atoms with Crippen molar-refractivity contribution in [2.75, 3.05) is 12.0 Å². The lowest BCUT2D eigenvalue weighted by atomic mass is 10.1. The van der Waals surface area contributed by atoms with Gasteiger partial charge in [-0.15, -0.1) is 0 Å². The van der Waals surface area contributed by atoms with Crippen molar-refractivity contribution < 1.29 is 14.3 Å². The lowest BCUT2D eigenvalue weighted by molar-refractivity contribution is -0.143. The maximum Gasteiger partial charge on any atom is 0.325 e. The minimum absolute atomic E-state index is 0.0310. The van der Waals surface area contributed by atoms with E-state index in [0.29, 0.717) is 12.2 Å². The Morgan fingerprint density at radius 1 is 1.17 bits per heavy atom. The molecule has 0 fully saturated rings. The van der Waals surface area contributed by atoms with E-state index in [1.165, 1.54) is 6.08 Å². The Hall–Kier alpha value is -3.79. The molecule has 0 saturated heterocycles. The average Bonchev–Trinajstić information content (AvgIpc) is 3.21. The molecule has 2 heterocycles. The molecule has 3 aromatic rings. The van der Waals surface area contributed by atoms with Crippen LogP contribution in [0.5, 0.6) is 0 Å². The van der Waals surface area contributed by atoms with Crippen molar-refractivity contribution in [1.29, 1.82) is 5.26 Å². The number of aromatic nitrogens is 2. The van der Waals surface area contributed by atoms with Gasteiger partial charge in [-0.05, 0) is 45.0 Å². The summed E-state index contributed by atoms with van der Waals surface area (Å²) in [6, 6.07) is 13.2. The third-order valence-corrected chi connectivity index (χ3v) is 4.57. The van der Waals surface area contributed by atoms with E-state index >= 15 is 0 Å². The number of nitrogens with one attached hydrogen (secondary N) is 1. The molecule has 0 unspecified atom stereocenters. The monoisotopic (exact) mass is 390 g/mol. The Bertz CT molecular complexity index is 1130. The van der Waals surface area contributed by atoms with Crippen LogP contribution in [-0.4, -0.2) is 27.7 Å². The van der Waals surface area contributed by atoms with Gasteiger partial charge in [0, 0.05) is 34.1 Å². The first-order valence-electron chi connectivity index (χ1n) is 9.26. The van der Waals surface area contributed by atoms with E-state index in [4.69, 9.17) is 4.74 Å². The van der Waals surface area contributed by atoms with Gasteiger partial charge in [-0.2, -0.15) is 5.26 Å². The number of benzene rings is 1. The van der Waals surface area contributed by atoms with Gasteiger partial charge in [0.25, 0.3) is 5.91 Å². The van der Waals surface area contributed by atoms with Crippen molar-refractivity contribution in [1.82, 2.24) is 9.24 Å². The number of rotatable bonds is 6. The molecule has 7 nitrogen and oxygen atoms in total. The molecule has 7 heteroatoms. The summed E-state index contributed by atoms with van der Waals surface area (Å²) in [4.78, 5) is 24.6. The number of esters is 1. The summed E-state index contributed by atoms with van der Waals surface area (Å²) in [5.74, 6) is -0.849. The first-order valence-corrected chi connectivity index (χ1v) is 9.26. The molecule has 2 aromatic heterocycles. The molecule has 0 aliphatic heterocycles. The van der Waals surface area contributed by atoms with Gasteiger partial charge in [0.05, 0.1) is 6.61 Å². The second-order valence-electron chi connectivity index (χ2n) is 6.60. The number of nitrogens with zero attached hydrogens (tertiary/aromatic N) is 3. The van der Waals surface area contributed by atoms with Crippen molar-refractivity contribution in [3.63, 3.8) is 0 Å². The van der Waals surface area contributed by atoms with Crippen molar-refractivity contribution in [3.05, 3.63) is 65.1 Å². The van der Waals surface area contributed by atoms with E-state index in [-0.39, 0.29) is 18.1 Å². The van der Waals surface area contributed by atoms with Gasteiger partial charge in [-0.25, -0.2) is 0 Å². The predicted octanol–water partition coefficient (Wildman–Crippen LogP) is 3.30. The molecule has 0 bridgehead atoms. The molecule has 0 radical (unpaired) electrons. The highest BCUT2D eigenvalue weighted by atomic mass is 16.5. The lowest BCUT2D eigenvalue weighted by Gasteiger charge is -2.10. The zero-order valence-corrected chi connectivity index (χ0v) is 16.6. The smallest absolute Gasteiger partial charge is 0.325 e. The van der Waals surface area contributed by atoms with Crippen LogP contribution in [0.3, 0.4) is 0 Å². The van der Waals surface area contributed by atoms with Crippen molar-refractivity contribution in [2.45, 2.75) is 27.3 Å². The first kappa shape index (κ1) is 20.0. The van der Waals surface area contributed by atoms with Crippen LogP contribution in [0, 0.1) is 25.2 Å². The van der Waals surface area contributed by atoms with Gasteiger partial charge >= 0.3 is 5.97 Å². The molecule has 1 aromatic carbocycles. The van der Waals surface area contributed by atoms with Crippen LogP contribution in [0.1, 0.15) is 23.9 Å². The zero-order valence-electron chi connectivity index (χ0n) is 16.6. The van der Waals surface area contributed by atoms with Crippen molar-refractivity contribution in [3.8, 4) is 6.07 Å². The number of fused-ring (bicyclic) bond motifs is 1. The van der Waals surface area contributed by atoms with Gasteiger partial charge in [0.1, 0.15) is 18.2 Å². The number of hydrogen-bond donors (Lipinski definition) is 1. The van der Waals surface area contributed by atoms with Crippen LogP contribution >= 0.6 is 0 Å². The molecule has 3 rings (SSSR count). The number of hydrogen-bond acceptors (Lipinski definition) is 4. The van der Waals surface area contributed by atoms with Crippen molar-refractivity contribution in [2.24, 2.45) is 0 Å². The van der Waals surface area contributed by atoms with E-state index in [1.807, 2.05) is 56.3 Å². The molecule has 0 spiro atoms. The Morgan fingerprint density at radius 2 is 1.86 bits per heavy atom. The summed E-state index contributed by atoms with van der Waals surface area (Å²) < 4.78 is 8.42. The van der Waals surface area contributed by atoms with Gasteiger partial charge in [-0.1, -0.05) is 18.2 Å². The maximum atomic E-state index is 12.7. The fourth-order valence-electron chi connectivity index (χ4n) is 3.18. The van der Waals surface area contributed by atoms with Crippen LogP contribution in [0.4, 0.5) is 0 Å². The van der Waals surface area contributed by atoms with E-state index in [2.05, 4.69) is 5.43 Å². The number of ether oxygens (including phenoxy) is 1. The molecule has 0 aliphatic carbocycles. The first-order chi connectivity index (χ1) is 13.9. The summed E-state index contributed by atoms with van der Waals surface area (Å²) in [7, 11) is 0.